The number of carbonyl (C=O) groups is 3. The van der Waals surface area contributed by atoms with Gasteiger partial charge in [-0.3, -0.25) is 19.3 Å². The summed E-state index contributed by atoms with van der Waals surface area (Å²) in [6.45, 7) is 7.97. The fourth-order valence-electron chi connectivity index (χ4n) is 5.84. The minimum Gasteiger partial charge on any atom is -0.305 e. The second-order valence-electron chi connectivity index (χ2n) is 10.1. The molecular formula is C29H28N2O3. The molecule has 0 unspecified atom stereocenters. The van der Waals surface area contributed by atoms with Crippen molar-refractivity contribution in [1.82, 2.24) is 4.90 Å². The first-order chi connectivity index (χ1) is 16.2. The summed E-state index contributed by atoms with van der Waals surface area (Å²) in [6.07, 6.45) is 0.696. The van der Waals surface area contributed by atoms with Crippen molar-refractivity contribution in [3.63, 3.8) is 0 Å². The predicted octanol–water partition coefficient (Wildman–Crippen LogP) is 5.19. The molecule has 0 radical (unpaired) electrons. The number of amides is 3. The van der Waals surface area contributed by atoms with E-state index in [-0.39, 0.29) is 11.3 Å². The van der Waals surface area contributed by atoms with E-state index >= 15 is 0 Å². The van der Waals surface area contributed by atoms with E-state index in [2.05, 4.69) is 39.0 Å². The molecule has 0 spiro atoms. The topological polar surface area (TPSA) is 57.7 Å². The van der Waals surface area contributed by atoms with Gasteiger partial charge in [0.15, 0.2) is 0 Å². The lowest BCUT2D eigenvalue weighted by Crippen LogP contribution is -2.60. The smallest absolute Gasteiger partial charge is 0.262 e. The lowest BCUT2D eigenvalue weighted by Gasteiger charge is -2.52. The molecule has 34 heavy (non-hydrogen) atoms. The van der Waals surface area contributed by atoms with Crippen LogP contribution < -0.4 is 4.90 Å². The maximum atomic E-state index is 14.0. The van der Waals surface area contributed by atoms with Gasteiger partial charge in [-0.15, -0.1) is 0 Å². The number of benzene rings is 3. The van der Waals surface area contributed by atoms with Gasteiger partial charge in [-0.1, -0.05) is 67.6 Å². The van der Waals surface area contributed by atoms with Gasteiger partial charge in [0.2, 0.25) is 0 Å². The molecule has 5 heteroatoms. The van der Waals surface area contributed by atoms with Crippen molar-refractivity contribution in [2.75, 3.05) is 4.90 Å². The third-order valence-corrected chi connectivity index (χ3v) is 7.33. The highest BCUT2D eigenvalue weighted by Gasteiger charge is 2.50. The highest BCUT2D eigenvalue weighted by atomic mass is 16.2. The van der Waals surface area contributed by atoms with Gasteiger partial charge in [-0.05, 0) is 56.5 Å². The molecule has 0 saturated heterocycles. The number of hydrogen-bond acceptors (Lipinski definition) is 3. The van der Waals surface area contributed by atoms with E-state index in [4.69, 9.17) is 0 Å². The van der Waals surface area contributed by atoms with E-state index < -0.39 is 23.4 Å². The number of para-hydroxylation sites is 1. The van der Waals surface area contributed by atoms with Gasteiger partial charge < -0.3 is 4.90 Å². The number of rotatable bonds is 3. The predicted molar refractivity (Wildman–Crippen MR) is 132 cm³/mol. The van der Waals surface area contributed by atoms with Gasteiger partial charge in [-0.2, -0.15) is 0 Å². The molecule has 2 aliphatic rings. The zero-order chi connectivity index (χ0) is 24.3. The molecule has 3 amide bonds. The number of nitrogens with zero attached hydrogens (tertiary/aromatic N) is 2. The summed E-state index contributed by atoms with van der Waals surface area (Å²) < 4.78 is 0. The Kier molecular flexibility index (Phi) is 4.97. The fourth-order valence-corrected chi connectivity index (χ4v) is 5.84. The average molecular weight is 453 g/mol. The number of imide groups is 1. The highest BCUT2D eigenvalue weighted by Crippen LogP contribution is 2.50. The van der Waals surface area contributed by atoms with Crippen molar-refractivity contribution in [2.45, 2.75) is 51.1 Å². The number of hydrogen-bond donors (Lipinski definition) is 0. The van der Waals surface area contributed by atoms with E-state index in [1.54, 1.807) is 36.1 Å². The van der Waals surface area contributed by atoms with Crippen LogP contribution in [0, 0.1) is 0 Å². The second-order valence-corrected chi connectivity index (χ2v) is 10.1. The first kappa shape index (κ1) is 22.1. The van der Waals surface area contributed by atoms with Crippen molar-refractivity contribution in [3.05, 3.63) is 101 Å². The van der Waals surface area contributed by atoms with Gasteiger partial charge in [0.1, 0.15) is 6.04 Å². The van der Waals surface area contributed by atoms with Crippen molar-refractivity contribution in [1.29, 1.82) is 0 Å². The molecule has 0 fully saturated rings. The van der Waals surface area contributed by atoms with E-state index in [1.807, 2.05) is 36.4 Å². The van der Waals surface area contributed by atoms with E-state index in [9.17, 15) is 14.4 Å². The summed E-state index contributed by atoms with van der Waals surface area (Å²) in [5.41, 5.74) is 2.92. The minimum absolute atomic E-state index is 0.262. The minimum atomic E-state index is -0.930. The summed E-state index contributed by atoms with van der Waals surface area (Å²) in [5, 5.41) is 0. The first-order valence-electron chi connectivity index (χ1n) is 11.6. The number of anilines is 1. The van der Waals surface area contributed by atoms with Gasteiger partial charge >= 0.3 is 0 Å². The Balaban J connectivity index is 1.57. The Morgan fingerprint density at radius 1 is 0.794 bits per heavy atom. The van der Waals surface area contributed by atoms with E-state index in [0.717, 1.165) is 16.2 Å². The molecule has 2 atom stereocenters. The Labute approximate surface area is 200 Å². The van der Waals surface area contributed by atoms with Crippen LogP contribution in [0.4, 0.5) is 5.69 Å². The molecule has 5 nitrogen and oxygen atoms in total. The summed E-state index contributed by atoms with van der Waals surface area (Å²) in [6, 6.07) is 24.1. The Bertz CT molecular complexity index is 1280. The van der Waals surface area contributed by atoms with Crippen LogP contribution in [0.1, 0.15) is 66.0 Å². The van der Waals surface area contributed by atoms with Crippen LogP contribution in [-0.2, 0) is 10.2 Å². The molecule has 2 heterocycles. The fraction of sp³-hybridized carbons (Fsp3) is 0.276. The number of carbonyl (C=O) groups excluding carboxylic acids is 3. The van der Waals surface area contributed by atoms with Gasteiger partial charge in [0.05, 0.1) is 11.1 Å². The molecular weight excluding hydrogens is 424 g/mol. The van der Waals surface area contributed by atoms with Crippen LogP contribution in [-0.4, -0.2) is 34.2 Å². The molecule has 0 bridgehead atoms. The van der Waals surface area contributed by atoms with Crippen molar-refractivity contribution in [3.8, 4) is 0 Å². The van der Waals surface area contributed by atoms with E-state index in [0.29, 0.717) is 17.5 Å². The molecule has 5 rings (SSSR count). The zero-order valence-electron chi connectivity index (χ0n) is 19.9. The Morgan fingerprint density at radius 2 is 1.32 bits per heavy atom. The molecule has 0 saturated carbocycles. The lowest BCUT2D eigenvalue weighted by atomic mass is 9.65. The SMILES string of the molecule is C[C@H](C(=O)N1c2ccccc2[C@](C)(c2ccccc2)CC1(C)C)N1C(=O)c2ccccc2C1=O. The molecule has 2 aliphatic heterocycles. The first-order valence-corrected chi connectivity index (χ1v) is 11.6. The van der Waals surface area contributed by atoms with Crippen LogP contribution in [0.2, 0.25) is 0 Å². The molecule has 0 aliphatic carbocycles. The zero-order valence-corrected chi connectivity index (χ0v) is 19.9. The standard InChI is InChI=1S/C29H28N2O3/c1-19(30-26(33)21-14-8-9-15-22(21)27(30)34)25(32)31-24-17-11-10-16-23(24)29(4,18-28(31,2)3)20-12-6-5-7-13-20/h5-17,19H,18H2,1-4H3/t19-,29+/m1/s1. The summed E-state index contributed by atoms with van der Waals surface area (Å²) >= 11 is 0. The van der Waals surface area contributed by atoms with Crippen LogP contribution in [0.15, 0.2) is 78.9 Å². The quantitative estimate of drug-likeness (QED) is 0.514. The molecule has 172 valence electrons. The molecule has 3 aromatic rings. The third-order valence-electron chi connectivity index (χ3n) is 7.33. The third kappa shape index (κ3) is 3.11. The maximum Gasteiger partial charge on any atom is 0.262 e. The lowest BCUT2D eigenvalue weighted by molar-refractivity contribution is -0.123. The van der Waals surface area contributed by atoms with Gasteiger partial charge in [0.25, 0.3) is 17.7 Å². The monoisotopic (exact) mass is 452 g/mol. The Hall–Kier alpha value is -3.73. The number of fused-ring (bicyclic) bond motifs is 2. The van der Waals surface area contributed by atoms with Crippen LogP contribution in [0.5, 0.6) is 0 Å². The highest BCUT2D eigenvalue weighted by molar-refractivity contribution is 6.23. The molecule has 3 aromatic carbocycles. The Morgan fingerprint density at radius 3 is 1.94 bits per heavy atom. The summed E-state index contributed by atoms with van der Waals surface area (Å²) in [7, 11) is 0. The van der Waals surface area contributed by atoms with Gasteiger partial charge in [-0.25, -0.2) is 0 Å². The van der Waals surface area contributed by atoms with Crippen LogP contribution in [0.25, 0.3) is 0 Å². The normalized spacial score (nSPS) is 21.8. The largest absolute Gasteiger partial charge is 0.305 e. The maximum absolute atomic E-state index is 14.0. The summed E-state index contributed by atoms with van der Waals surface area (Å²) in [5.74, 6) is -1.10. The average Bonchev–Trinajstić information content (AvgIpc) is 3.08. The van der Waals surface area contributed by atoms with Crippen molar-refractivity contribution in [2.24, 2.45) is 0 Å². The molecule has 0 N–H and O–H groups in total. The van der Waals surface area contributed by atoms with Crippen LogP contribution >= 0.6 is 0 Å². The second kappa shape index (κ2) is 7.66. The van der Waals surface area contributed by atoms with Gasteiger partial charge in [0, 0.05) is 16.6 Å². The summed E-state index contributed by atoms with van der Waals surface area (Å²) in [4.78, 5) is 43.1. The molecule has 0 aromatic heterocycles. The van der Waals surface area contributed by atoms with Crippen molar-refractivity contribution < 1.29 is 14.4 Å². The van der Waals surface area contributed by atoms with Crippen molar-refractivity contribution >= 4 is 23.4 Å². The van der Waals surface area contributed by atoms with Crippen LogP contribution in [0.3, 0.4) is 0 Å². The van der Waals surface area contributed by atoms with E-state index in [1.165, 1.54) is 5.56 Å².